The summed E-state index contributed by atoms with van der Waals surface area (Å²) < 4.78 is 0. The normalized spacial score (nSPS) is 22.9. The second kappa shape index (κ2) is 6.84. The van der Waals surface area contributed by atoms with Gasteiger partial charge in [0.1, 0.15) is 0 Å². The van der Waals surface area contributed by atoms with E-state index in [1.807, 2.05) is 12.1 Å². The van der Waals surface area contributed by atoms with Crippen molar-refractivity contribution in [2.45, 2.75) is 52.1 Å². The Bertz CT molecular complexity index is 460. The van der Waals surface area contributed by atoms with Gasteiger partial charge in [-0.15, -0.1) is 0 Å². The van der Waals surface area contributed by atoms with Crippen molar-refractivity contribution in [1.82, 2.24) is 5.32 Å². The molecule has 1 aliphatic rings. The van der Waals surface area contributed by atoms with Gasteiger partial charge in [0.15, 0.2) is 0 Å². The molecule has 1 fully saturated rings. The average molecular weight is 276 g/mol. The van der Waals surface area contributed by atoms with E-state index in [1.165, 1.54) is 25.7 Å². The molecule has 0 saturated heterocycles. The molecule has 0 aliphatic heterocycles. The Kier molecular flexibility index (Phi) is 5.12. The van der Waals surface area contributed by atoms with Crippen LogP contribution in [0.15, 0.2) is 24.3 Å². The highest BCUT2D eigenvalue weighted by Crippen LogP contribution is 2.30. The first-order chi connectivity index (χ1) is 9.59. The van der Waals surface area contributed by atoms with Crippen LogP contribution in [0, 0.1) is 22.0 Å². The van der Waals surface area contributed by atoms with Crippen molar-refractivity contribution in [1.29, 1.82) is 0 Å². The number of nitrogens with one attached hydrogen (secondary N) is 1. The van der Waals surface area contributed by atoms with Crippen molar-refractivity contribution in [3.63, 3.8) is 0 Å². The molecule has 1 aromatic carbocycles. The lowest BCUT2D eigenvalue weighted by molar-refractivity contribution is -0.385. The van der Waals surface area contributed by atoms with E-state index >= 15 is 0 Å². The summed E-state index contributed by atoms with van der Waals surface area (Å²) in [6.07, 6.45) is 5.03. The average Bonchev–Trinajstić information content (AvgIpc) is 2.45. The van der Waals surface area contributed by atoms with E-state index in [1.54, 1.807) is 12.1 Å². The third kappa shape index (κ3) is 3.57. The molecule has 4 nitrogen and oxygen atoms in total. The molecule has 1 N–H and O–H groups in total. The first-order valence-electron chi connectivity index (χ1n) is 7.55. The Morgan fingerprint density at radius 2 is 2.00 bits per heavy atom. The summed E-state index contributed by atoms with van der Waals surface area (Å²) in [5.41, 5.74) is 1.00. The van der Waals surface area contributed by atoms with Crippen molar-refractivity contribution < 1.29 is 4.92 Å². The molecule has 2 unspecified atom stereocenters. The number of nitrogens with zero attached hydrogens (tertiary/aromatic N) is 1. The van der Waals surface area contributed by atoms with Gasteiger partial charge in [-0.25, -0.2) is 0 Å². The molecule has 110 valence electrons. The predicted molar refractivity (Wildman–Crippen MR) is 80.5 cm³/mol. The first-order valence-corrected chi connectivity index (χ1v) is 7.55. The zero-order valence-electron chi connectivity index (χ0n) is 12.3. The lowest BCUT2D eigenvalue weighted by Gasteiger charge is -2.35. The van der Waals surface area contributed by atoms with Crippen molar-refractivity contribution in [2.75, 3.05) is 0 Å². The van der Waals surface area contributed by atoms with Gasteiger partial charge in [-0.2, -0.15) is 0 Å². The standard InChI is InChI=1S/C16H24N2O2/c1-12(2)14-8-4-5-9-15(14)17-11-13-7-3-6-10-16(13)18(19)20/h3,6-7,10,12,14-15,17H,4-5,8-9,11H2,1-2H3. The van der Waals surface area contributed by atoms with Gasteiger partial charge in [0, 0.05) is 24.2 Å². The minimum absolute atomic E-state index is 0.219. The van der Waals surface area contributed by atoms with E-state index in [9.17, 15) is 10.1 Å². The topological polar surface area (TPSA) is 55.2 Å². The zero-order valence-corrected chi connectivity index (χ0v) is 12.3. The van der Waals surface area contributed by atoms with Gasteiger partial charge in [-0.05, 0) is 24.7 Å². The van der Waals surface area contributed by atoms with Crippen LogP contribution in [-0.4, -0.2) is 11.0 Å². The molecule has 1 aliphatic carbocycles. The second-order valence-electron chi connectivity index (χ2n) is 6.07. The van der Waals surface area contributed by atoms with Gasteiger partial charge < -0.3 is 5.32 Å². The molecular weight excluding hydrogens is 252 g/mol. The summed E-state index contributed by atoms with van der Waals surface area (Å²) in [5, 5.41) is 14.6. The van der Waals surface area contributed by atoms with E-state index < -0.39 is 0 Å². The molecule has 2 atom stereocenters. The molecule has 0 amide bonds. The summed E-state index contributed by atoms with van der Waals surface area (Å²) in [7, 11) is 0. The quantitative estimate of drug-likeness (QED) is 0.655. The predicted octanol–water partition coefficient (Wildman–Crippen LogP) is 3.90. The fraction of sp³-hybridized carbons (Fsp3) is 0.625. The Hall–Kier alpha value is -1.42. The van der Waals surface area contributed by atoms with Crippen LogP contribution >= 0.6 is 0 Å². The van der Waals surface area contributed by atoms with Crippen LogP contribution in [0.1, 0.15) is 45.1 Å². The van der Waals surface area contributed by atoms with Crippen LogP contribution in [0.25, 0.3) is 0 Å². The van der Waals surface area contributed by atoms with Gasteiger partial charge in [0.2, 0.25) is 0 Å². The van der Waals surface area contributed by atoms with Crippen molar-refractivity contribution in [3.8, 4) is 0 Å². The monoisotopic (exact) mass is 276 g/mol. The van der Waals surface area contributed by atoms with Crippen LogP contribution in [0.2, 0.25) is 0 Å². The molecule has 1 aromatic rings. The maximum Gasteiger partial charge on any atom is 0.273 e. The molecule has 20 heavy (non-hydrogen) atoms. The Morgan fingerprint density at radius 3 is 2.70 bits per heavy atom. The highest BCUT2D eigenvalue weighted by atomic mass is 16.6. The maximum absolute atomic E-state index is 11.0. The first kappa shape index (κ1) is 15.0. The van der Waals surface area contributed by atoms with Gasteiger partial charge in [-0.1, -0.05) is 44.9 Å². The van der Waals surface area contributed by atoms with Crippen LogP contribution in [0.4, 0.5) is 5.69 Å². The number of hydrogen-bond acceptors (Lipinski definition) is 3. The van der Waals surface area contributed by atoms with E-state index in [4.69, 9.17) is 0 Å². The largest absolute Gasteiger partial charge is 0.309 e. The van der Waals surface area contributed by atoms with E-state index in [0.717, 1.165) is 5.56 Å². The number of nitro groups is 1. The van der Waals surface area contributed by atoms with Crippen molar-refractivity contribution >= 4 is 5.69 Å². The van der Waals surface area contributed by atoms with Crippen molar-refractivity contribution in [2.24, 2.45) is 11.8 Å². The molecular formula is C16H24N2O2. The molecule has 0 bridgehead atoms. The van der Waals surface area contributed by atoms with Crippen molar-refractivity contribution in [3.05, 3.63) is 39.9 Å². The zero-order chi connectivity index (χ0) is 14.5. The number of nitro benzene ring substituents is 1. The smallest absolute Gasteiger partial charge is 0.273 e. The molecule has 1 saturated carbocycles. The molecule has 0 spiro atoms. The summed E-state index contributed by atoms with van der Waals surface area (Å²) in [6.45, 7) is 5.14. The highest BCUT2D eigenvalue weighted by Gasteiger charge is 2.27. The minimum Gasteiger partial charge on any atom is -0.309 e. The SMILES string of the molecule is CC(C)C1CCCCC1NCc1ccccc1[N+](=O)[O-]. The molecule has 0 aromatic heterocycles. The Morgan fingerprint density at radius 1 is 1.30 bits per heavy atom. The number of para-hydroxylation sites is 1. The summed E-state index contributed by atoms with van der Waals surface area (Å²) in [5.74, 6) is 1.35. The summed E-state index contributed by atoms with van der Waals surface area (Å²) in [6, 6.07) is 7.50. The number of benzene rings is 1. The van der Waals surface area contributed by atoms with Crippen LogP contribution in [-0.2, 0) is 6.54 Å². The minimum atomic E-state index is -0.294. The third-order valence-corrected chi connectivity index (χ3v) is 4.42. The Balaban J connectivity index is 2.02. The maximum atomic E-state index is 11.0. The molecule has 0 heterocycles. The molecule has 4 heteroatoms. The highest BCUT2D eigenvalue weighted by molar-refractivity contribution is 5.39. The van der Waals surface area contributed by atoms with Gasteiger partial charge >= 0.3 is 0 Å². The van der Waals surface area contributed by atoms with E-state index in [0.29, 0.717) is 24.4 Å². The van der Waals surface area contributed by atoms with Crippen LogP contribution < -0.4 is 5.32 Å². The van der Waals surface area contributed by atoms with Crippen LogP contribution in [0.5, 0.6) is 0 Å². The fourth-order valence-corrected chi connectivity index (χ4v) is 3.29. The second-order valence-corrected chi connectivity index (χ2v) is 6.07. The van der Waals surface area contributed by atoms with E-state index in [-0.39, 0.29) is 10.6 Å². The Labute approximate surface area is 120 Å². The third-order valence-electron chi connectivity index (χ3n) is 4.42. The summed E-state index contributed by atoms with van der Waals surface area (Å²) >= 11 is 0. The van der Waals surface area contributed by atoms with Gasteiger partial charge in [-0.3, -0.25) is 10.1 Å². The lowest BCUT2D eigenvalue weighted by atomic mass is 9.78. The lowest BCUT2D eigenvalue weighted by Crippen LogP contribution is -2.40. The van der Waals surface area contributed by atoms with Crippen LogP contribution in [0.3, 0.4) is 0 Å². The number of rotatable bonds is 5. The number of hydrogen-bond donors (Lipinski definition) is 1. The molecule has 2 rings (SSSR count). The summed E-state index contributed by atoms with van der Waals surface area (Å²) in [4.78, 5) is 10.7. The molecule has 0 radical (unpaired) electrons. The fourth-order valence-electron chi connectivity index (χ4n) is 3.29. The van der Waals surface area contributed by atoms with E-state index in [2.05, 4.69) is 19.2 Å². The van der Waals surface area contributed by atoms with Gasteiger partial charge in [0.25, 0.3) is 5.69 Å². The van der Waals surface area contributed by atoms with Gasteiger partial charge in [0.05, 0.1) is 4.92 Å².